The van der Waals surface area contributed by atoms with Crippen LogP contribution < -0.4 is 9.47 Å². The van der Waals surface area contributed by atoms with E-state index in [2.05, 4.69) is 9.97 Å². The lowest BCUT2D eigenvalue weighted by molar-refractivity contribution is 0.123. The predicted octanol–water partition coefficient (Wildman–Crippen LogP) is 2.68. The summed E-state index contributed by atoms with van der Waals surface area (Å²) in [5.41, 5.74) is 0.552. The molecule has 7 nitrogen and oxygen atoms in total. The molecule has 0 radical (unpaired) electrons. The SMILES string of the molecule is COc1cncc(OC2CCCN(S(=O)(=O)c3cccc(Cl)c3C)C2)n1. The van der Waals surface area contributed by atoms with E-state index in [0.717, 1.165) is 6.42 Å². The van der Waals surface area contributed by atoms with Gasteiger partial charge in [0.15, 0.2) is 0 Å². The molecule has 0 bridgehead atoms. The number of hydrogen-bond donors (Lipinski definition) is 0. The van der Waals surface area contributed by atoms with E-state index in [1.807, 2.05) is 0 Å². The number of sulfonamides is 1. The third-order valence-electron chi connectivity index (χ3n) is 4.26. The summed E-state index contributed by atoms with van der Waals surface area (Å²) in [7, 11) is -2.15. The number of hydrogen-bond acceptors (Lipinski definition) is 6. The first-order valence-corrected chi connectivity index (χ1v) is 10.0. The Balaban J connectivity index is 1.78. The molecule has 1 fully saturated rings. The van der Waals surface area contributed by atoms with Crippen LogP contribution in [0.15, 0.2) is 35.5 Å². The van der Waals surface area contributed by atoms with Crippen LogP contribution in [-0.2, 0) is 10.0 Å². The fraction of sp³-hybridized carbons (Fsp3) is 0.412. The highest BCUT2D eigenvalue weighted by Gasteiger charge is 2.32. The maximum absolute atomic E-state index is 13.0. The van der Waals surface area contributed by atoms with Crippen LogP contribution in [0.25, 0.3) is 0 Å². The molecule has 0 N–H and O–H groups in total. The standard InChI is InChI=1S/C17H20ClN3O4S/c1-12-14(18)6-3-7-15(12)26(22,23)21-8-4-5-13(11-21)25-17-10-19-9-16(20-17)24-2/h3,6-7,9-10,13H,4-5,8,11H2,1-2H3. The summed E-state index contributed by atoms with van der Waals surface area (Å²) in [6.07, 6.45) is 4.09. The molecule has 0 aliphatic carbocycles. The molecule has 1 aliphatic heterocycles. The lowest BCUT2D eigenvalue weighted by Crippen LogP contribution is -2.44. The summed E-state index contributed by atoms with van der Waals surface area (Å²) in [4.78, 5) is 8.39. The van der Waals surface area contributed by atoms with E-state index in [0.29, 0.717) is 35.3 Å². The van der Waals surface area contributed by atoms with Crippen LogP contribution >= 0.6 is 11.6 Å². The van der Waals surface area contributed by atoms with Crippen molar-refractivity contribution in [1.29, 1.82) is 0 Å². The van der Waals surface area contributed by atoms with Gasteiger partial charge in [0.25, 0.3) is 0 Å². The van der Waals surface area contributed by atoms with Crippen LogP contribution in [0.2, 0.25) is 5.02 Å². The molecule has 9 heteroatoms. The number of benzene rings is 1. The van der Waals surface area contributed by atoms with Gasteiger partial charge in [-0.3, -0.25) is 4.98 Å². The zero-order valence-electron chi connectivity index (χ0n) is 14.6. The molecule has 3 rings (SSSR count). The molecule has 1 aliphatic rings. The molecule has 140 valence electrons. The lowest BCUT2D eigenvalue weighted by atomic mass is 10.1. The summed E-state index contributed by atoms with van der Waals surface area (Å²) in [5.74, 6) is 0.657. The molecule has 0 amide bonds. The van der Waals surface area contributed by atoms with Crippen molar-refractivity contribution in [1.82, 2.24) is 14.3 Å². The van der Waals surface area contributed by atoms with Crippen LogP contribution in [0.5, 0.6) is 11.8 Å². The van der Waals surface area contributed by atoms with Gasteiger partial charge in [0.05, 0.1) is 30.9 Å². The zero-order chi connectivity index (χ0) is 18.7. The number of methoxy groups -OCH3 is 1. The van der Waals surface area contributed by atoms with Crippen molar-refractivity contribution in [3.63, 3.8) is 0 Å². The van der Waals surface area contributed by atoms with Gasteiger partial charge in [0.1, 0.15) is 6.10 Å². The topological polar surface area (TPSA) is 81.6 Å². The van der Waals surface area contributed by atoms with E-state index in [1.54, 1.807) is 25.1 Å². The molecule has 26 heavy (non-hydrogen) atoms. The Kier molecular flexibility index (Phi) is 5.64. The normalized spacial score (nSPS) is 18.5. The summed E-state index contributed by atoms with van der Waals surface area (Å²) < 4.78 is 38.3. The first-order chi connectivity index (χ1) is 12.4. The highest BCUT2D eigenvalue weighted by molar-refractivity contribution is 7.89. The monoisotopic (exact) mass is 397 g/mol. The first kappa shape index (κ1) is 18.9. The van der Waals surface area contributed by atoms with Gasteiger partial charge in [0.2, 0.25) is 21.8 Å². The maximum atomic E-state index is 13.0. The molecule has 0 saturated carbocycles. The molecule has 2 aromatic rings. The second kappa shape index (κ2) is 7.77. The number of nitrogens with zero attached hydrogens (tertiary/aromatic N) is 3. The maximum Gasteiger partial charge on any atom is 0.243 e. The number of rotatable bonds is 5. The van der Waals surface area contributed by atoms with Crippen LogP contribution in [0.4, 0.5) is 0 Å². The minimum absolute atomic E-state index is 0.229. The van der Waals surface area contributed by atoms with E-state index in [4.69, 9.17) is 21.1 Å². The van der Waals surface area contributed by atoms with Gasteiger partial charge in [-0.05, 0) is 37.5 Å². The number of piperidine rings is 1. The van der Waals surface area contributed by atoms with E-state index in [1.165, 1.54) is 23.8 Å². The summed E-state index contributed by atoms with van der Waals surface area (Å²) in [6.45, 7) is 2.39. The zero-order valence-corrected chi connectivity index (χ0v) is 16.1. The fourth-order valence-electron chi connectivity index (χ4n) is 2.88. The Labute approximate surface area is 158 Å². The summed E-state index contributed by atoms with van der Waals surface area (Å²) >= 11 is 6.09. The van der Waals surface area contributed by atoms with Crippen molar-refractivity contribution in [2.75, 3.05) is 20.2 Å². The first-order valence-electron chi connectivity index (χ1n) is 8.20. The Morgan fingerprint density at radius 2 is 2.04 bits per heavy atom. The number of aromatic nitrogens is 2. The van der Waals surface area contributed by atoms with Crippen LogP contribution in [0.3, 0.4) is 0 Å². The average molecular weight is 398 g/mol. The van der Waals surface area contributed by atoms with E-state index >= 15 is 0 Å². The van der Waals surface area contributed by atoms with Crippen molar-refractivity contribution in [2.24, 2.45) is 0 Å². The molecule has 1 aromatic carbocycles. The van der Waals surface area contributed by atoms with Gasteiger partial charge in [-0.15, -0.1) is 0 Å². The third kappa shape index (κ3) is 3.92. The van der Waals surface area contributed by atoms with Gasteiger partial charge in [0, 0.05) is 11.6 Å². The molecule has 1 aromatic heterocycles. The van der Waals surface area contributed by atoms with Gasteiger partial charge >= 0.3 is 0 Å². The Hall–Kier alpha value is -1.90. The van der Waals surface area contributed by atoms with E-state index in [-0.39, 0.29) is 17.5 Å². The molecule has 1 atom stereocenters. The number of halogens is 1. The molecule has 1 saturated heterocycles. The molecule has 0 spiro atoms. The quantitative estimate of drug-likeness (QED) is 0.771. The summed E-state index contributed by atoms with van der Waals surface area (Å²) in [5, 5.41) is 0.433. The van der Waals surface area contributed by atoms with Gasteiger partial charge in [-0.1, -0.05) is 17.7 Å². The van der Waals surface area contributed by atoms with Crippen molar-refractivity contribution < 1.29 is 17.9 Å². The van der Waals surface area contributed by atoms with Crippen molar-refractivity contribution in [2.45, 2.75) is 30.8 Å². The highest BCUT2D eigenvalue weighted by Crippen LogP contribution is 2.28. The lowest BCUT2D eigenvalue weighted by Gasteiger charge is -2.32. The smallest absolute Gasteiger partial charge is 0.243 e. The van der Waals surface area contributed by atoms with Crippen molar-refractivity contribution in [3.05, 3.63) is 41.2 Å². The largest absolute Gasteiger partial charge is 0.480 e. The summed E-state index contributed by atoms with van der Waals surface area (Å²) in [6, 6.07) is 4.90. The van der Waals surface area contributed by atoms with Crippen LogP contribution in [-0.4, -0.2) is 49.0 Å². The van der Waals surface area contributed by atoms with Gasteiger partial charge in [-0.2, -0.15) is 9.29 Å². The van der Waals surface area contributed by atoms with Crippen molar-refractivity contribution >= 4 is 21.6 Å². The van der Waals surface area contributed by atoms with Gasteiger partial charge < -0.3 is 9.47 Å². The highest BCUT2D eigenvalue weighted by atomic mass is 35.5. The Morgan fingerprint density at radius 1 is 1.27 bits per heavy atom. The molecule has 1 unspecified atom stereocenters. The molecular weight excluding hydrogens is 378 g/mol. The van der Waals surface area contributed by atoms with E-state index < -0.39 is 10.0 Å². The second-order valence-electron chi connectivity index (χ2n) is 6.01. The molecular formula is C17H20ClN3O4S. The van der Waals surface area contributed by atoms with Crippen LogP contribution in [0, 0.1) is 6.92 Å². The van der Waals surface area contributed by atoms with Crippen molar-refractivity contribution in [3.8, 4) is 11.8 Å². The minimum Gasteiger partial charge on any atom is -0.480 e. The molecule has 2 heterocycles. The Bertz CT molecular complexity index is 891. The number of ether oxygens (including phenoxy) is 2. The fourth-order valence-corrected chi connectivity index (χ4v) is 4.87. The predicted molar refractivity (Wildman–Crippen MR) is 97.2 cm³/mol. The second-order valence-corrected chi connectivity index (χ2v) is 8.32. The minimum atomic E-state index is -3.65. The average Bonchev–Trinajstić information content (AvgIpc) is 2.64. The van der Waals surface area contributed by atoms with Crippen LogP contribution in [0.1, 0.15) is 18.4 Å². The Morgan fingerprint density at radius 3 is 2.81 bits per heavy atom. The van der Waals surface area contributed by atoms with Gasteiger partial charge in [-0.25, -0.2) is 8.42 Å². The third-order valence-corrected chi connectivity index (χ3v) is 6.68. The van der Waals surface area contributed by atoms with E-state index in [9.17, 15) is 8.42 Å².